The fourth-order valence-electron chi connectivity index (χ4n) is 4.20. The summed E-state index contributed by atoms with van der Waals surface area (Å²) < 4.78 is 16.7. The van der Waals surface area contributed by atoms with E-state index >= 15 is 0 Å². The van der Waals surface area contributed by atoms with Crippen molar-refractivity contribution < 1.29 is 14.0 Å². The van der Waals surface area contributed by atoms with Crippen LogP contribution in [0.1, 0.15) is 50.3 Å². The summed E-state index contributed by atoms with van der Waals surface area (Å²) in [7, 11) is 1.64. The topological polar surface area (TPSA) is 72.7 Å². The molecule has 1 unspecified atom stereocenters. The first-order valence-corrected chi connectivity index (χ1v) is 12.4. The zero-order valence-corrected chi connectivity index (χ0v) is 21.5. The average Bonchev–Trinajstić information content (AvgIpc) is 3.37. The van der Waals surface area contributed by atoms with Crippen LogP contribution in [0.3, 0.4) is 0 Å². The van der Waals surface area contributed by atoms with Gasteiger partial charge in [-0.3, -0.25) is 0 Å². The number of aromatic nitrogens is 2. The van der Waals surface area contributed by atoms with E-state index in [9.17, 15) is 0 Å². The lowest BCUT2D eigenvalue weighted by Gasteiger charge is -2.37. The predicted molar refractivity (Wildman–Crippen MR) is 141 cm³/mol. The number of ether oxygens (including phenoxy) is 2. The van der Waals surface area contributed by atoms with Crippen molar-refractivity contribution in [3.63, 3.8) is 0 Å². The molecule has 3 aromatic rings. The average molecular weight is 493 g/mol. The highest BCUT2D eigenvalue weighted by molar-refractivity contribution is 7.80. The van der Waals surface area contributed by atoms with E-state index < -0.39 is 0 Å². The molecule has 0 spiro atoms. The van der Waals surface area contributed by atoms with Crippen LogP contribution in [0.15, 0.2) is 58.8 Å². The molecule has 0 aliphatic carbocycles. The highest BCUT2D eigenvalue weighted by Crippen LogP contribution is 2.37. The minimum atomic E-state index is -0.199. The van der Waals surface area contributed by atoms with Crippen LogP contribution >= 0.6 is 12.2 Å². The molecule has 0 amide bonds. The van der Waals surface area contributed by atoms with E-state index in [1.807, 2.05) is 31.2 Å². The molecule has 0 saturated carbocycles. The van der Waals surface area contributed by atoms with Crippen molar-refractivity contribution in [2.45, 2.75) is 39.7 Å². The van der Waals surface area contributed by atoms with Crippen LogP contribution in [0.4, 0.5) is 0 Å². The molecule has 8 heteroatoms. The van der Waals surface area contributed by atoms with E-state index in [1.54, 1.807) is 7.11 Å². The number of aryl methyl sites for hydroxylation is 1. The third-order valence-electron chi connectivity index (χ3n) is 6.18. The predicted octanol–water partition coefficient (Wildman–Crippen LogP) is 5.40. The Hall–Kier alpha value is -3.23. The Bertz CT molecular complexity index is 1190. The van der Waals surface area contributed by atoms with Gasteiger partial charge in [-0.05, 0) is 62.2 Å². The zero-order valence-electron chi connectivity index (χ0n) is 20.7. The van der Waals surface area contributed by atoms with Crippen LogP contribution in [0, 0.1) is 0 Å². The molecular weight excluding hydrogens is 460 g/mol. The maximum atomic E-state index is 5.83. The van der Waals surface area contributed by atoms with Crippen molar-refractivity contribution in [2.75, 3.05) is 26.9 Å². The number of nitrogens with zero attached hydrogens (tertiary/aromatic N) is 3. The minimum Gasteiger partial charge on any atom is -0.497 e. The van der Waals surface area contributed by atoms with Crippen LogP contribution in [0.5, 0.6) is 5.75 Å². The van der Waals surface area contributed by atoms with Crippen LogP contribution in [-0.4, -0.2) is 47.0 Å². The van der Waals surface area contributed by atoms with E-state index in [2.05, 4.69) is 53.5 Å². The first-order chi connectivity index (χ1) is 17.0. The van der Waals surface area contributed by atoms with E-state index in [0.717, 1.165) is 47.5 Å². The van der Waals surface area contributed by atoms with Gasteiger partial charge in [0.05, 0.1) is 18.7 Å². The van der Waals surface area contributed by atoms with Crippen LogP contribution < -0.4 is 10.1 Å². The SMILES string of the molecule is CCOCCCN1C(=S)NC(c2ccc(CC)cc2)C(c2nc(-c3cccc(OC)c3)no2)=C1C. The second kappa shape index (κ2) is 11.5. The monoisotopic (exact) mass is 492 g/mol. The van der Waals surface area contributed by atoms with Crippen LogP contribution in [0.25, 0.3) is 17.0 Å². The van der Waals surface area contributed by atoms with Gasteiger partial charge in [0, 0.05) is 31.0 Å². The summed E-state index contributed by atoms with van der Waals surface area (Å²) in [4.78, 5) is 6.88. The minimum absolute atomic E-state index is 0.199. The van der Waals surface area contributed by atoms with Crippen molar-refractivity contribution >= 4 is 22.9 Å². The highest BCUT2D eigenvalue weighted by Gasteiger charge is 2.34. The van der Waals surface area contributed by atoms with Gasteiger partial charge in [0.1, 0.15) is 5.75 Å². The zero-order chi connectivity index (χ0) is 24.8. The van der Waals surface area contributed by atoms with Crippen molar-refractivity contribution in [3.8, 4) is 17.1 Å². The molecule has 1 aliphatic rings. The lowest BCUT2D eigenvalue weighted by atomic mass is 9.94. The van der Waals surface area contributed by atoms with Crippen molar-refractivity contribution in [3.05, 3.63) is 71.2 Å². The van der Waals surface area contributed by atoms with E-state index in [4.69, 9.17) is 31.2 Å². The number of thiocarbonyl (C=S) groups is 1. The van der Waals surface area contributed by atoms with Crippen molar-refractivity contribution in [1.82, 2.24) is 20.4 Å². The second-order valence-corrected chi connectivity index (χ2v) is 8.72. The van der Waals surface area contributed by atoms with Gasteiger partial charge < -0.3 is 24.2 Å². The van der Waals surface area contributed by atoms with Crippen molar-refractivity contribution in [1.29, 1.82) is 0 Å². The number of benzene rings is 2. The molecule has 0 radical (unpaired) electrons. The first kappa shape index (κ1) is 24.9. The number of methoxy groups -OCH3 is 1. The molecule has 1 atom stereocenters. The Kier molecular flexibility index (Phi) is 8.15. The molecule has 7 nitrogen and oxygen atoms in total. The Morgan fingerprint density at radius 2 is 1.94 bits per heavy atom. The van der Waals surface area contributed by atoms with Crippen LogP contribution in [0.2, 0.25) is 0 Å². The van der Waals surface area contributed by atoms with E-state index in [0.29, 0.717) is 30.0 Å². The molecule has 1 N–H and O–H groups in total. The summed E-state index contributed by atoms with van der Waals surface area (Å²) in [6.45, 7) is 8.33. The first-order valence-electron chi connectivity index (χ1n) is 12.0. The molecule has 184 valence electrons. The van der Waals surface area contributed by atoms with Gasteiger partial charge >= 0.3 is 0 Å². The Balaban J connectivity index is 1.73. The van der Waals surface area contributed by atoms with Gasteiger partial charge in [-0.15, -0.1) is 0 Å². The Morgan fingerprint density at radius 1 is 1.14 bits per heavy atom. The summed E-state index contributed by atoms with van der Waals surface area (Å²) in [6.07, 6.45) is 1.84. The van der Waals surface area contributed by atoms with E-state index in [-0.39, 0.29) is 6.04 Å². The molecule has 35 heavy (non-hydrogen) atoms. The molecule has 0 fully saturated rings. The number of hydrogen-bond acceptors (Lipinski definition) is 6. The summed E-state index contributed by atoms with van der Waals surface area (Å²) >= 11 is 5.78. The van der Waals surface area contributed by atoms with Gasteiger partial charge in [0.15, 0.2) is 5.11 Å². The Labute approximate surface area is 212 Å². The molecule has 4 rings (SSSR count). The summed E-state index contributed by atoms with van der Waals surface area (Å²) in [5, 5.41) is 8.48. The largest absolute Gasteiger partial charge is 0.497 e. The highest BCUT2D eigenvalue weighted by atomic mass is 32.1. The second-order valence-electron chi connectivity index (χ2n) is 8.33. The fourth-order valence-corrected chi connectivity index (χ4v) is 4.55. The Morgan fingerprint density at radius 3 is 2.66 bits per heavy atom. The number of hydrogen-bond donors (Lipinski definition) is 1. The number of rotatable bonds is 10. The molecular formula is C27H32N4O3S. The molecule has 2 heterocycles. The summed E-state index contributed by atoms with van der Waals surface area (Å²) in [5.74, 6) is 1.72. The lowest BCUT2D eigenvalue weighted by molar-refractivity contribution is 0.141. The normalized spacial score (nSPS) is 15.9. The fraction of sp³-hybridized carbons (Fsp3) is 0.370. The lowest BCUT2D eigenvalue weighted by Crippen LogP contribution is -2.46. The third kappa shape index (κ3) is 5.55. The van der Waals surface area contributed by atoms with Gasteiger partial charge in [-0.2, -0.15) is 4.98 Å². The standard InChI is InChI=1S/C27H32N4O3S/c1-5-19-11-13-20(14-12-19)24-23(18(3)31(27(35)28-24)15-8-16-33-6-2)26-29-25(30-34-26)21-9-7-10-22(17-21)32-4/h7,9-14,17,24H,5-6,8,15-16H2,1-4H3,(H,28,35). The molecule has 1 aliphatic heterocycles. The maximum Gasteiger partial charge on any atom is 0.258 e. The molecule has 2 aromatic carbocycles. The molecule has 0 bridgehead atoms. The third-order valence-corrected chi connectivity index (χ3v) is 6.51. The quantitative estimate of drug-likeness (QED) is 0.298. The molecule has 1 aromatic heterocycles. The van der Waals surface area contributed by atoms with Crippen molar-refractivity contribution in [2.24, 2.45) is 0 Å². The van der Waals surface area contributed by atoms with Gasteiger partial charge in [-0.25, -0.2) is 0 Å². The van der Waals surface area contributed by atoms with Gasteiger partial charge in [-0.1, -0.05) is 48.5 Å². The summed E-state index contributed by atoms with van der Waals surface area (Å²) in [6, 6.07) is 16.0. The van der Waals surface area contributed by atoms with Crippen LogP contribution in [-0.2, 0) is 11.2 Å². The van der Waals surface area contributed by atoms with Gasteiger partial charge in [0.2, 0.25) is 5.82 Å². The maximum absolute atomic E-state index is 5.83. The number of nitrogens with one attached hydrogen (secondary N) is 1. The summed E-state index contributed by atoms with van der Waals surface area (Å²) in [5.41, 5.74) is 5.12. The van der Waals surface area contributed by atoms with E-state index in [1.165, 1.54) is 5.56 Å². The molecule has 0 saturated heterocycles. The number of allylic oxidation sites excluding steroid dienone is 1. The smallest absolute Gasteiger partial charge is 0.258 e. The van der Waals surface area contributed by atoms with Gasteiger partial charge in [0.25, 0.3) is 5.89 Å².